The summed E-state index contributed by atoms with van der Waals surface area (Å²) in [6.45, 7) is 3.42. The summed E-state index contributed by atoms with van der Waals surface area (Å²) in [5.74, 6) is -1.70. The molecule has 1 unspecified atom stereocenters. The number of hydrogen-bond acceptors (Lipinski definition) is 1. The molecule has 100 valence electrons. The Morgan fingerprint density at radius 2 is 1.58 bits per heavy atom. The van der Waals surface area contributed by atoms with Crippen LogP contribution in [0.5, 0.6) is 0 Å². The molecule has 0 aliphatic carbocycles. The van der Waals surface area contributed by atoms with E-state index < -0.39 is 17.7 Å². The van der Waals surface area contributed by atoms with Crippen LogP contribution in [-0.2, 0) is 0 Å². The van der Waals surface area contributed by atoms with Crippen molar-refractivity contribution >= 4 is 15.9 Å². The van der Waals surface area contributed by atoms with Gasteiger partial charge < -0.3 is 5.73 Å². The third-order valence-electron chi connectivity index (χ3n) is 3.21. The van der Waals surface area contributed by atoms with Crippen LogP contribution in [0.2, 0.25) is 0 Å². The molecule has 0 saturated heterocycles. The van der Waals surface area contributed by atoms with Crippen LogP contribution < -0.4 is 5.73 Å². The standard InChI is InChI=1S/C15H14BrF2N/c1-8-3-5-12(14(18)13(8)17)15(19)11-6-4-10(16)7-9(11)2/h3-7,15H,19H2,1-2H3. The highest BCUT2D eigenvalue weighted by Gasteiger charge is 2.19. The first-order chi connectivity index (χ1) is 8.91. The molecule has 2 N–H and O–H groups in total. The minimum Gasteiger partial charge on any atom is -0.320 e. The van der Waals surface area contributed by atoms with Crippen molar-refractivity contribution in [1.82, 2.24) is 0 Å². The second-order valence-corrected chi connectivity index (χ2v) is 5.49. The number of halogens is 3. The van der Waals surface area contributed by atoms with Gasteiger partial charge in [-0.25, -0.2) is 8.78 Å². The zero-order valence-corrected chi connectivity index (χ0v) is 12.3. The second-order valence-electron chi connectivity index (χ2n) is 4.58. The Balaban J connectivity index is 2.50. The van der Waals surface area contributed by atoms with E-state index in [1.54, 1.807) is 12.1 Å². The summed E-state index contributed by atoms with van der Waals surface area (Å²) >= 11 is 3.36. The monoisotopic (exact) mass is 325 g/mol. The van der Waals surface area contributed by atoms with E-state index in [1.807, 2.05) is 25.1 Å². The van der Waals surface area contributed by atoms with Gasteiger partial charge in [0.2, 0.25) is 0 Å². The summed E-state index contributed by atoms with van der Waals surface area (Å²) in [4.78, 5) is 0. The Hall–Kier alpha value is -1.26. The first-order valence-corrected chi connectivity index (χ1v) is 6.67. The minimum absolute atomic E-state index is 0.175. The molecule has 0 aromatic heterocycles. The second kappa shape index (κ2) is 5.39. The number of hydrogen-bond donors (Lipinski definition) is 1. The lowest BCUT2D eigenvalue weighted by Gasteiger charge is -2.17. The van der Waals surface area contributed by atoms with Crippen molar-refractivity contribution in [3.05, 3.63) is 68.7 Å². The number of rotatable bonds is 2. The fourth-order valence-corrected chi connectivity index (χ4v) is 2.53. The van der Waals surface area contributed by atoms with Crippen LogP contribution in [0.1, 0.15) is 28.3 Å². The predicted molar refractivity (Wildman–Crippen MR) is 76.0 cm³/mol. The van der Waals surface area contributed by atoms with Gasteiger partial charge in [0.05, 0.1) is 6.04 Å². The molecule has 2 aromatic carbocycles. The van der Waals surface area contributed by atoms with E-state index in [1.165, 1.54) is 6.92 Å². The molecule has 2 aromatic rings. The van der Waals surface area contributed by atoms with Crippen molar-refractivity contribution in [1.29, 1.82) is 0 Å². The maximum atomic E-state index is 13.9. The molecule has 0 aliphatic heterocycles. The summed E-state index contributed by atoms with van der Waals surface area (Å²) < 4.78 is 28.5. The molecule has 0 spiro atoms. The van der Waals surface area contributed by atoms with Crippen molar-refractivity contribution in [3.8, 4) is 0 Å². The zero-order valence-electron chi connectivity index (χ0n) is 10.7. The summed E-state index contributed by atoms with van der Waals surface area (Å²) in [7, 11) is 0. The third kappa shape index (κ3) is 2.69. The Kier molecular flexibility index (Phi) is 4.02. The lowest BCUT2D eigenvalue weighted by Crippen LogP contribution is -2.16. The van der Waals surface area contributed by atoms with Crippen LogP contribution >= 0.6 is 15.9 Å². The van der Waals surface area contributed by atoms with Crippen molar-refractivity contribution in [2.24, 2.45) is 5.73 Å². The van der Waals surface area contributed by atoms with Gasteiger partial charge in [-0.15, -0.1) is 0 Å². The Labute approximate surface area is 119 Å². The van der Waals surface area contributed by atoms with Gasteiger partial charge in [0, 0.05) is 10.0 Å². The fraction of sp³-hybridized carbons (Fsp3) is 0.200. The fourth-order valence-electron chi connectivity index (χ4n) is 2.06. The Morgan fingerprint density at radius 1 is 0.947 bits per heavy atom. The van der Waals surface area contributed by atoms with E-state index >= 15 is 0 Å². The minimum atomic E-state index is -0.866. The van der Waals surface area contributed by atoms with Gasteiger partial charge in [0.15, 0.2) is 11.6 Å². The maximum absolute atomic E-state index is 13.9. The molecule has 0 radical (unpaired) electrons. The van der Waals surface area contributed by atoms with Crippen LogP contribution in [0.15, 0.2) is 34.8 Å². The SMILES string of the molecule is Cc1cc(Br)ccc1C(N)c1ccc(C)c(F)c1F. The molecule has 0 saturated carbocycles. The third-order valence-corrected chi connectivity index (χ3v) is 3.70. The molecule has 4 heteroatoms. The van der Waals surface area contributed by atoms with Crippen LogP contribution in [-0.4, -0.2) is 0 Å². The topological polar surface area (TPSA) is 26.0 Å². The molecule has 0 fully saturated rings. The average Bonchev–Trinajstić information content (AvgIpc) is 2.35. The highest BCUT2D eigenvalue weighted by molar-refractivity contribution is 9.10. The molecule has 1 nitrogen and oxygen atoms in total. The lowest BCUT2D eigenvalue weighted by atomic mass is 9.94. The number of benzene rings is 2. The van der Waals surface area contributed by atoms with Crippen LogP contribution in [0, 0.1) is 25.5 Å². The number of aryl methyl sites for hydroxylation is 2. The van der Waals surface area contributed by atoms with Crippen molar-refractivity contribution in [2.45, 2.75) is 19.9 Å². The highest BCUT2D eigenvalue weighted by Crippen LogP contribution is 2.28. The summed E-state index contributed by atoms with van der Waals surface area (Å²) in [6.07, 6.45) is 0. The molecule has 0 heterocycles. The summed E-state index contributed by atoms with van der Waals surface area (Å²) in [5, 5.41) is 0. The van der Waals surface area contributed by atoms with Gasteiger partial charge in [-0.1, -0.05) is 34.1 Å². The molecular weight excluding hydrogens is 312 g/mol. The predicted octanol–water partition coefficient (Wildman–Crippen LogP) is 4.39. The lowest BCUT2D eigenvalue weighted by molar-refractivity contribution is 0.489. The van der Waals surface area contributed by atoms with Gasteiger partial charge in [-0.05, 0) is 42.7 Å². The molecule has 0 amide bonds. The normalized spacial score (nSPS) is 12.5. The van der Waals surface area contributed by atoms with Gasteiger partial charge >= 0.3 is 0 Å². The van der Waals surface area contributed by atoms with E-state index in [9.17, 15) is 8.78 Å². The number of nitrogens with two attached hydrogens (primary N) is 1. The largest absolute Gasteiger partial charge is 0.320 e. The van der Waals surface area contributed by atoms with Crippen LogP contribution in [0.4, 0.5) is 8.78 Å². The maximum Gasteiger partial charge on any atom is 0.164 e. The highest BCUT2D eigenvalue weighted by atomic mass is 79.9. The molecule has 1 atom stereocenters. The van der Waals surface area contributed by atoms with Crippen molar-refractivity contribution in [3.63, 3.8) is 0 Å². The van der Waals surface area contributed by atoms with E-state index in [-0.39, 0.29) is 11.1 Å². The van der Waals surface area contributed by atoms with E-state index in [0.29, 0.717) is 0 Å². The Bertz CT molecular complexity index is 626. The summed E-state index contributed by atoms with van der Waals surface area (Å²) in [5.41, 5.74) is 8.23. The first kappa shape index (κ1) is 14.2. The molecule has 2 rings (SSSR count). The molecule has 0 aliphatic rings. The van der Waals surface area contributed by atoms with Gasteiger partial charge in [0.1, 0.15) is 0 Å². The first-order valence-electron chi connectivity index (χ1n) is 5.88. The van der Waals surface area contributed by atoms with Crippen LogP contribution in [0.25, 0.3) is 0 Å². The van der Waals surface area contributed by atoms with Gasteiger partial charge in [0.25, 0.3) is 0 Å². The Morgan fingerprint density at radius 3 is 2.21 bits per heavy atom. The average molecular weight is 326 g/mol. The van der Waals surface area contributed by atoms with Crippen molar-refractivity contribution in [2.75, 3.05) is 0 Å². The van der Waals surface area contributed by atoms with E-state index in [4.69, 9.17) is 5.73 Å². The summed E-state index contributed by atoms with van der Waals surface area (Å²) in [6, 6.07) is 7.97. The van der Waals surface area contributed by atoms with E-state index in [0.717, 1.165) is 15.6 Å². The molecular formula is C15H14BrF2N. The zero-order chi connectivity index (χ0) is 14.2. The van der Waals surface area contributed by atoms with Crippen LogP contribution in [0.3, 0.4) is 0 Å². The van der Waals surface area contributed by atoms with Crippen molar-refractivity contribution < 1.29 is 8.78 Å². The van der Waals surface area contributed by atoms with Gasteiger partial charge in [-0.2, -0.15) is 0 Å². The van der Waals surface area contributed by atoms with Gasteiger partial charge in [-0.3, -0.25) is 0 Å². The smallest absolute Gasteiger partial charge is 0.164 e. The quantitative estimate of drug-likeness (QED) is 0.870. The molecule has 19 heavy (non-hydrogen) atoms. The molecule has 0 bridgehead atoms. The van der Waals surface area contributed by atoms with E-state index in [2.05, 4.69) is 15.9 Å².